The fraction of sp³-hybridized carbons (Fsp3) is 0.562. The van der Waals surface area contributed by atoms with Crippen LogP contribution < -0.4 is 5.32 Å². The zero-order chi connectivity index (χ0) is 14.0. The summed E-state index contributed by atoms with van der Waals surface area (Å²) in [5, 5.41) is 3.31. The van der Waals surface area contributed by atoms with Crippen LogP contribution in [-0.4, -0.2) is 23.9 Å². The van der Waals surface area contributed by atoms with E-state index in [2.05, 4.69) is 45.1 Å². The number of amides is 1. The first-order valence-corrected chi connectivity index (χ1v) is 6.99. The molecular formula is C16H24N2O. The second-order valence-corrected chi connectivity index (χ2v) is 6.36. The van der Waals surface area contributed by atoms with Crippen molar-refractivity contribution in [2.24, 2.45) is 11.3 Å². The van der Waals surface area contributed by atoms with Gasteiger partial charge in [0.25, 0.3) is 0 Å². The summed E-state index contributed by atoms with van der Waals surface area (Å²) < 4.78 is 0. The van der Waals surface area contributed by atoms with Crippen LogP contribution in [0.5, 0.6) is 0 Å². The maximum atomic E-state index is 12.1. The standard InChI is InChI=1S/C16H24N2O/c1-12(2)16(3,4)11-18-14(19)10-17-15(18)13-8-6-5-7-9-13/h5-9,12,15,17H,10-11H2,1-4H3. The Morgan fingerprint density at radius 3 is 2.53 bits per heavy atom. The molecule has 3 heteroatoms. The lowest BCUT2D eigenvalue weighted by Crippen LogP contribution is -2.40. The van der Waals surface area contributed by atoms with E-state index in [1.807, 2.05) is 23.1 Å². The number of carbonyl (C=O) groups is 1. The molecule has 1 aromatic rings. The molecule has 1 saturated heterocycles. The predicted octanol–water partition coefficient (Wildman–Crippen LogP) is 2.80. The smallest absolute Gasteiger partial charge is 0.238 e. The van der Waals surface area contributed by atoms with Crippen molar-refractivity contribution in [1.82, 2.24) is 10.2 Å². The number of hydrogen-bond acceptors (Lipinski definition) is 2. The predicted molar refractivity (Wildman–Crippen MR) is 77.5 cm³/mol. The molecule has 0 saturated carbocycles. The Kier molecular flexibility index (Phi) is 3.95. The third-order valence-electron chi connectivity index (χ3n) is 4.33. The summed E-state index contributed by atoms with van der Waals surface area (Å²) in [7, 11) is 0. The highest BCUT2D eigenvalue weighted by Crippen LogP contribution is 2.32. The summed E-state index contributed by atoms with van der Waals surface area (Å²) >= 11 is 0. The molecule has 0 aliphatic carbocycles. The topological polar surface area (TPSA) is 32.3 Å². The zero-order valence-corrected chi connectivity index (χ0v) is 12.3. The van der Waals surface area contributed by atoms with Gasteiger partial charge in [-0.25, -0.2) is 0 Å². The largest absolute Gasteiger partial charge is 0.321 e. The Balaban J connectivity index is 2.19. The highest BCUT2D eigenvalue weighted by molar-refractivity contribution is 5.81. The van der Waals surface area contributed by atoms with E-state index < -0.39 is 0 Å². The third-order valence-corrected chi connectivity index (χ3v) is 4.33. The van der Waals surface area contributed by atoms with Crippen molar-refractivity contribution in [2.45, 2.75) is 33.9 Å². The Morgan fingerprint density at radius 2 is 1.95 bits per heavy atom. The minimum atomic E-state index is 0.0201. The van der Waals surface area contributed by atoms with Crippen molar-refractivity contribution in [3.63, 3.8) is 0 Å². The summed E-state index contributed by atoms with van der Waals surface area (Å²) in [6, 6.07) is 10.2. The molecule has 19 heavy (non-hydrogen) atoms. The molecule has 0 bridgehead atoms. The Morgan fingerprint density at radius 1 is 1.32 bits per heavy atom. The summed E-state index contributed by atoms with van der Waals surface area (Å²) in [6.45, 7) is 10.1. The van der Waals surface area contributed by atoms with Gasteiger partial charge < -0.3 is 4.90 Å². The maximum absolute atomic E-state index is 12.1. The van der Waals surface area contributed by atoms with Gasteiger partial charge in [-0.15, -0.1) is 0 Å². The van der Waals surface area contributed by atoms with Gasteiger partial charge in [-0.05, 0) is 16.9 Å². The first kappa shape index (κ1) is 14.1. The van der Waals surface area contributed by atoms with Crippen LogP contribution in [0.1, 0.15) is 39.4 Å². The Hall–Kier alpha value is -1.35. The van der Waals surface area contributed by atoms with Gasteiger partial charge in [0.15, 0.2) is 0 Å². The first-order chi connectivity index (χ1) is 8.92. The Bertz CT molecular complexity index is 439. The lowest BCUT2D eigenvalue weighted by molar-refractivity contribution is -0.129. The fourth-order valence-electron chi connectivity index (χ4n) is 2.27. The van der Waals surface area contributed by atoms with E-state index >= 15 is 0 Å². The molecule has 1 atom stereocenters. The van der Waals surface area contributed by atoms with Gasteiger partial charge in [0.2, 0.25) is 5.91 Å². The molecule has 0 spiro atoms. The average molecular weight is 260 g/mol. The average Bonchev–Trinajstić information content (AvgIpc) is 2.71. The van der Waals surface area contributed by atoms with Crippen molar-refractivity contribution >= 4 is 5.91 Å². The van der Waals surface area contributed by atoms with Gasteiger partial charge in [-0.2, -0.15) is 0 Å². The quantitative estimate of drug-likeness (QED) is 0.903. The highest BCUT2D eigenvalue weighted by atomic mass is 16.2. The van der Waals surface area contributed by atoms with Gasteiger partial charge in [0.05, 0.1) is 6.54 Å². The van der Waals surface area contributed by atoms with E-state index in [1.54, 1.807) is 0 Å². The van der Waals surface area contributed by atoms with Crippen LogP contribution >= 0.6 is 0 Å². The van der Waals surface area contributed by atoms with Crippen molar-refractivity contribution in [3.8, 4) is 0 Å². The van der Waals surface area contributed by atoms with Gasteiger partial charge in [0, 0.05) is 6.54 Å². The minimum Gasteiger partial charge on any atom is -0.321 e. The van der Waals surface area contributed by atoms with E-state index in [4.69, 9.17) is 0 Å². The number of carbonyl (C=O) groups excluding carboxylic acids is 1. The molecule has 104 valence electrons. The van der Waals surface area contributed by atoms with E-state index in [1.165, 1.54) is 0 Å². The van der Waals surface area contributed by atoms with Crippen LogP contribution in [0.2, 0.25) is 0 Å². The molecule has 0 aromatic heterocycles. The highest BCUT2D eigenvalue weighted by Gasteiger charge is 2.36. The van der Waals surface area contributed by atoms with Gasteiger partial charge in [0.1, 0.15) is 6.17 Å². The first-order valence-electron chi connectivity index (χ1n) is 6.99. The van der Waals surface area contributed by atoms with E-state index in [-0.39, 0.29) is 17.5 Å². The molecule has 1 fully saturated rings. The molecule has 3 nitrogen and oxygen atoms in total. The lowest BCUT2D eigenvalue weighted by Gasteiger charge is -2.36. The monoisotopic (exact) mass is 260 g/mol. The molecular weight excluding hydrogens is 236 g/mol. The minimum absolute atomic E-state index is 0.0201. The third kappa shape index (κ3) is 2.98. The normalized spacial score (nSPS) is 20.4. The lowest BCUT2D eigenvalue weighted by atomic mass is 9.80. The summed E-state index contributed by atoms with van der Waals surface area (Å²) in [5.41, 5.74) is 1.28. The number of nitrogens with zero attached hydrogens (tertiary/aromatic N) is 1. The van der Waals surface area contributed by atoms with E-state index in [9.17, 15) is 4.79 Å². The molecule has 0 radical (unpaired) electrons. The maximum Gasteiger partial charge on any atom is 0.238 e. The molecule has 1 aromatic carbocycles. The van der Waals surface area contributed by atoms with Gasteiger partial charge in [-0.3, -0.25) is 10.1 Å². The number of hydrogen-bond donors (Lipinski definition) is 1. The van der Waals surface area contributed by atoms with Crippen molar-refractivity contribution < 1.29 is 4.79 Å². The Labute approximate surface area is 116 Å². The van der Waals surface area contributed by atoms with Crippen LogP contribution in [0.3, 0.4) is 0 Å². The summed E-state index contributed by atoms with van der Waals surface area (Å²) in [6.07, 6.45) is 0.0201. The van der Waals surface area contributed by atoms with Crippen LogP contribution in [0.15, 0.2) is 30.3 Å². The number of rotatable bonds is 4. The number of benzene rings is 1. The molecule has 1 N–H and O–H groups in total. The van der Waals surface area contributed by atoms with Crippen LogP contribution in [0.4, 0.5) is 0 Å². The van der Waals surface area contributed by atoms with Crippen molar-refractivity contribution in [1.29, 1.82) is 0 Å². The van der Waals surface area contributed by atoms with Crippen LogP contribution in [-0.2, 0) is 4.79 Å². The van der Waals surface area contributed by atoms with Crippen molar-refractivity contribution in [2.75, 3.05) is 13.1 Å². The molecule has 2 rings (SSSR count). The van der Waals surface area contributed by atoms with E-state index in [0.29, 0.717) is 12.5 Å². The van der Waals surface area contributed by atoms with Crippen LogP contribution in [0, 0.1) is 11.3 Å². The molecule has 1 heterocycles. The second kappa shape index (κ2) is 5.33. The number of nitrogens with one attached hydrogen (secondary N) is 1. The summed E-state index contributed by atoms with van der Waals surface area (Å²) in [5.74, 6) is 0.736. The van der Waals surface area contributed by atoms with Gasteiger partial charge in [-0.1, -0.05) is 58.0 Å². The van der Waals surface area contributed by atoms with Crippen molar-refractivity contribution in [3.05, 3.63) is 35.9 Å². The SMILES string of the molecule is CC(C)C(C)(C)CN1C(=O)CNC1c1ccccc1. The fourth-order valence-corrected chi connectivity index (χ4v) is 2.27. The summed E-state index contributed by atoms with van der Waals surface area (Å²) in [4.78, 5) is 14.1. The molecule has 1 aliphatic rings. The zero-order valence-electron chi connectivity index (χ0n) is 12.3. The van der Waals surface area contributed by atoms with Crippen LogP contribution in [0.25, 0.3) is 0 Å². The van der Waals surface area contributed by atoms with E-state index in [0.717, 1.165) is 12.1 Å². The molecule has 1 amide bonds. The molecule has 1 unspecified atom stereocenters. The molecule has 1 aliphatic heterocycles. The van der Waals surface area contributed by atoms with Gasteiger partial charge >= 0.3 is 0 Å². The second-order valence-electron chi connectivity index (χ2n) is 6.36.